The summed E-state index contributed by atoms with van der Waals surface area (Å²) in [4.78, 5) is 3.84. The Morgan fingerprint density at radius 1 is 1.54 bits per heavy atom. The molecular weight excluding hydrogens is 169 g/mol. The third kappa shape index (κ3) is 2.49. The molecule has 3 heteroatoms. The molecule has 0 saturated carbocycles. The standard InChI is InChI=1S/C10H14FNO/c1-3-6-10(2,13)9-5-4-8(11)7-12-9/h4-5,7,13H,3,6H2,1-2H3. The molecule has 1 unspecified atom stereocenters. The van der Waals surface area contributed by atoms with E-state index in [0.717, 1.165) is 12.6 Å². The second-order valence-electron chi connectivity index (χ2n) is 3.39. The van der Waals surface area contributed by atoms with Crippen LogP contribution in [0, 0.1) is 5.82 Å². The van der Waals surface area contributed by atoms with Gasteiger partial charge in [-0.1, -0.05) is 13.3 Å². The molecule has 0 amide bonds. The minimum absolute atomic E-state index is 0.379. The normalized spacial score (nSPS) is 15.4. The third-order valence-corrected chi connectivity index (χ3v) is 2.02. The highest BCUT2D eigenvalue weighted by atomic mass is 19.1. The van der Waals surface area contributed by atoms with Crippen molar-refractivity contribution in [1.82, 2.24) is 4.98 Å². The predicted octanol–water partition coefficient (Wildman–Crippen LogP) is 2.23. The van der Waals surface area contributed by atoms with Gasteiger partial charge in [-0.15, -0.1) is 0 Å². The Morgan fingerprint density at radius 3 is 2.69 bits per heavy atom. The van der Waals surface area contributed by atoms with Gasteiger partial charge in [-0.25, -0.2) is 4.39 Å². The van der Waals surface area contributed by atoms with Crippen LogP contribution in [-0.2, 0) is 5.60 Å². The van der Waals surface area contributed by atoms with Crippen molar-refractivity contribution in [3.63, 3.8) is 0 Å². The molecule has 0 bridgehead atoms. The van der Waals surface area contributed by atoms with E-state index in [1.165, 1.54) is 12.1 Å². The fourth-order valence-electron chi connectivity index (χ4n) is 1.31. The van der Waals surface area contributed by atoms with Crippen LogP contribution in [0.1, 0.15) is 32.4 Å². The zero-order valence-corrected chi connectivity index (χ0v) is 7.92. The number of pyridine rings is 1. The largest absolute Gasteiger partial charge is 0.384 e. The zero-order chi connectivity index (χ0) is 9.90. The summed E-state index contributed by atoms with van der Waals surface area (Å²) in [5.41, 5.74) is -0.418. The fourth-order valence-corrected chi connectivity index (χ4v) is 1.31. The third-order valence-electron chi connectivity index (χ3n) is 2.02. The van der Waals surface area contributed by atoms with E-state index in [2.05, 4.69) is 4.98 Å². The van der Waals surface area contributed by atoms with Gasteiger partial charge >= 0.3 is 0 Å². The lowest BCUT2D eigenvalue weighted by atomic mass is 9.96. The van der Waals surface area contributed by atoms with Crippen molar-refractivity contribution in [2.24, 2.45) is 0 Å². The highest BCUT2D eigenvalue weighted by molar-refractivity contribution is 5.12. The van der Waals surface area contributed by atoms with Gasteiger partial charge in [0.1, 0.15) is 11.4 Å². The summed E-state index contributed by atoms with van der Waals surface area (Å²) < 4.78 is 12.5. The Labute approximate surface area is 77.4 Å². The number of halogens is 1. The van der Waals surface area contributed by atoms with E-state index >= 15 is 0 Å². The van der Waals surface area contributed by atoms with Crippen LogP contribution in [0.25, 0.3) is 0 Å². The first-order valence-electron chi connectivity index (χ1n) is 4.40. The summed E-state index contributed by atoms with van der Waals surface area (Å²) in [6, 6.07) is 2.83. The van der Waals surface area contributed by atoms with Gasteiger partial charge in [0.15, 0.2) is 0 Å². The molecule has 1 atom stereocenters. The predicted molar refractivity (Wildman–Crippen MR) is 48.7 cm³/mol. The number of aromatic nitrogens is 1. The Morgan fingerprint density at radius 2 is 2.23 bits per heavy atom. The maximum absolute atomic E-state index is 12.5. The number of hydrogen-bond donors (Lipinski definition) is 1. The number of nitrogens with zero attached hydrogens (tertiary/aromatic N) is 1. The highest BCUT2D eigenvalue weighted by Gasteiger charge is 2.22. The van der Waals surface area contributed by atoms with Crippen molar-refractivity contribution in [3.8, 4) is 0 Å². The lowest BCUT2D eigenvalue weighted by Crippen LogP contribution is -2.22. The summed E-state index contributed by atoms with van der Waals surface area (Å²) >= 11 is 0. The second kappa shape index (κ2) is 3.83. The topological polar surface area (TPSA) is 33.1 Å². The number of hydrogen-bond acceptors (Lipinski definition) is 2. The van der Waals surface area contributed by atoms with Gasteiger partial charge < -0.3 is 5.11 Å². The fraction of sp³-hybridized carbons (Fsp3) is 0.500. The van der Waals surface area contributed by atoms with Gasteiger partial charge in [0, 0.05) is 0 Å². The van der Waals surface area contributed by atoms with E-state index in [9.17, 15) is 9.50 Å². The molecule has 1 aromatic rings. The molecule has 1 rings (SSSR count). The minimum Gasteiger partial charge on any atom is -0.384 e. The van der Waals surface area contributed by atoms with Crippen molar-refractivity contribution in [1.29, 1.82) is 0 Å². The lowest BCUT2D eigenvalue weighted by Gasteiger charge is -2.21. The molecule has 72 valence electrons. The highest BCUT2D eigenvalue weighted by Crippen LogP contribution is 2.23. The maximum atomic E-state index is 12.5. The molecule has 13 heavy (non-hydrogen) atoms. The molecule has 0 saturated heterocycles. The summed E-state index contributed by atoms with van der Waals surface area (Å²) in [5, 5.41) is 9.89. The first-order chi connectivity index (χ1) is 6.06. The molecule has 0 aromatic carbocycles. The molecular formula is C10H14FNO. The van der Waals surface area contributed by atoms with E-state index in [0.29, 0.717) is 12.1 Å². The molecule has 1 N–H and O–H groups in total. The van der Waals surface area contributed by atoms with Gasteiger partial charge in [-0.2, -0.15) is 0 Å². The Balaban J connectivity index is 2.87. The molecule has 1 aromatic heterocycles. The van der Waals surface area contributed by atoms with E-state index in [-0.39, 0.29) is 5.82 Å². The molecule has 0 fully saturated rings. The summed E-state index contributed by atoms with van der Waals surface area (Å²) in [6.07, 6.45) is 2.62. The van der Waals surface area contributed by atoms with Gasteiger partial charge in [0.25, 0.3) is 0 Å². The first kappa shape index (κ1) is 10.1. The van der Waals surface area contributed by atoms with Crippen LogP contribution in [0.5, 0.6) is 0 Å². The Kier molecular flexibility index (Phi) is 2.98. The van der Waals surface area contributed by atoms with E-state index in [1.807, 2.05) is 6.92 Å². The van der Waals surface area contributed by atoms with Crippen molar-refractivity contribution in [3.05, 3.63) is 29.8 Å². The van der Waals surface area contributed by atoms with Crippen LogP contribution >= 0.6 is 0 Å². The monoisotopic (exact) mass is 183 g/mol. The van der Waals surface area contributed by atoms with Crippen molar-refractivity contribution in [2.45, 2.75) is 32.3 Å². The maximum Gasteiger partial charge on any atom is 0.141 e. The zero-order valence-electron chi connectivity index (χ0n) is 7.92. The molecule has 0 aliphatic carbocycles. The average molecular weight is 183 g/mol. The van der Waals surface area contributed by atoms with Gasteiger partial charge in [-0.05, 0) is 25.5 Å². The molecule has 2 nitrogen and oxygen atoms in total. The smallest absolute Gasteiger partial charge is 0.141 e. The van der Waals surface area contributed by atoms with Crippen molar-refractivity contribution >= 4 is 0 Å². The summed E-state index contributed by atoms with van der Waals surface area (Å²) in [6.45, 7) is 3.68. The van der Waals surface area contributed by atoms with E-state index < -0.39 is 5.60 Å². The van der Waals surface area contributed by atoms with Crippen LogP contribution < -0.4 is 0 Å². The molecule has 0 radical (unpaired) electrons. The van der Waals surface area contributed by atoms with Crippen molar-refractivity contribution < 1.29 is 9.50 Å². The Bertz CT molecular complexity index is 269. The quantitative estimate of drug-likeness (QED) is 0.779. The Hall–Kier alpha value is -0.960. The van der Waals surface area contributed by atoms with Gasteiger partial charge in [-0.3, -0.25) is 4.98 Å². The van der Waals surface area contributed by atoms with E-state index in [1.54, 1.807) is 6.92 Å². The van der Waals surface area contributed by atoms with Crippen LogP contribution in [-0.4, -0.2) is 10.1 Å². The van der Waals surface area contributed by atoms with Crippen LogP contribution in [0.2, 0.25) is 0 Å². The van der Waals surface area contributed by atoms with Crippen LogP contribution in [0.15, 0.2) is 18.3 Å². The van der Waals surface area contributed by atoms with E-state index in [4.69, 9.17) is 0 Å². The van der Waals surface area contributed by atoms with Gasteiger partial charge in [0.05, 0.1) is 11.9 Å². The lowest BCUT2D eigenvalue weighted by molar-refractivity contribution is 0.0424. The summed E-state index contributed by atoms with van der Waals surface area (Å²) in [7, 11) is 0. The molecule has 0 aliphatic rings. The second-order valence-corrected chi connectivity index (χ2v) is 3.39. The number of aliphatic hydroxyl groups is 1. The van der Waals surface area contributed by atoms with Crippen LogP contribution in [0.3, 0.4) is 0 Å². The molecule has 0 aliphatic heterocycles. The number of rotatable bonds is 3. The first-order valence-corrected chi connectivity index (χ1v) is 4.40. The van der Waals surface area contributed by atoms with Gasteiger partial charge in [0.2, 0.25) is 0 Å². The minimum atomic E-state index is -0.942. The SMILES string of the molecule is CCCC(C)(O)c1ccc(F)cn1. The average Bonchev–Trinajstić information content (AvgIpc) is 2.05. The van der Waals surface area contributed by atoms with Crippen molar-refractivity contribution in [2.75, 3.05) is 0 Å². The molecule has 1 heterocycles. The summed E-state index contributed by atoms with van der Waals surface area (Å²) in [5.74, 6) is -0.379. The molecule has 0 spiro atoms. The van der Waals surface area contributed by atoms with Crippen LogP contribution in [0.4, 0.5) is 4.39 Å².